The molecule has 2 aromatic carbocycles. The number of anilines is 1. The van der Waals surface area contributed by atoms with Crippen molar-refractivity contribution in [2.45, 2.75) is 52.1 Å². The number of imide groups is 1. The zero-order valence-corrected chi connectivity index (χ0v) is 18.5. The van der Waals surface area contributed by atoms with E-state index in [0.29, 0.717) is 5.69 Å². The molecule has 32 heavy (non-hydrogen) atoms. The molecule has 0 radical (unpaired) electrons. The van der Waals surface area contributed by atoms with Crippen molar-refractivity contribution in [2.75, 3.05) is 11.5 Å². The number of carbonyl (C=O) groups is 4. The molecule has 2 heterocycles. The Morgan fingerprint density at radius 3 is 2.31 bits per heavy atom. The minimum Gasteiger partial charge on any atom is -0.452 e. The Hall–Kier alpha value is -3.48. The van der Waals surface area contributed by atoms with Gasteiger partial charge in [0.05, 0.1) is 22.4 Å². The largest absolute Gasteiger partial charge is 0.452 e. The van der Waals surface area contributed by atoms with Gasteiger partial charge in [0.15, 0.2) is 6.61 Å². The van der Waals surface area contributed by atoms with Crippen LogP contribution in [0.3, 0.4) is 0 Å². The van der Waals surface area contributed by atoms with Crippen molar-refractivity contribution in [1.29, 1.82) is 0 Å². The highest BCUT2D eigenvalue weighted by molar-refractivity contribution is 6.34. The van der Waals surface area contributed by atoms with Gasteiger partial charge in [0.2, 0.25) is 0 Å². The zero-order chi connectivity index (χ0) is 23.0. The summed E-state index contributed by atoms with van der Waals surface area (Å²) in [6, 6.07) is 11.6. The summed E-state index contributed by atoms with van der Waals surface area (Å²) in [7, 11) is 0. The fourth-order valence-corrected chi connectivity index (χ4v) is 4.60. The zero-order valence-electron chi connectivity index (χ0n) is 18.5. The van der Waals surface area contributed by atoms with E-state index in [4.69, 9.17) is 4.74 Å². The minimum atomic E-state index is -0.701. The summed E-state index contributed by atoms with van der Waals surface area (Å²) < 4.78 is 5.25. The standard InChI is InChI=1S/C25H26N2O5/c1-15-7-4-5-10-21(15)27-23(29)19-12-11-18(13-20(19)24(27)30)25(31)32-14-22(28)26-16(2)8-6-9-17(26)3/h4-5,7,10-13,16-17H,6,8-9,14H2,1-3H3/t16-,17+. The predicted octanol–water partition coefficient (Wildman–Crippen LogP) is 3.74. The van der Waals surface area contributed by atoms with Gasteiger partial charge in [-0.3, -0.25) is 14.4 Å². The molecule has 2 atom stereocenters. The van der Waals surface area contributed by atoms with Crippen LogP contribution in [-0.2, 0) is 9.53 Å². The molecule has 7 heteroatoms. The molecule has 0 spiro atoms. The maximum absolute atomic E-state index is 13.0. The van der Waals surface area contributed by atoms with Crippen LogP contribution < -0.4 is 4.90 Å². The number of benzene rings is 2. The number of fused-ring (bicyclic) bond motifs is 1. The van der Waals surface area contributed by atoms with E-state index in [2.05, 4.69) is 0 Å². The van der Waals surface area contributed by atoms with Crippen LogP contribution in [-0.4, -0.2) is 47.3 Å². The van der Waals surface area contributed by atoms with Crippen molar-refractivity contribution < 1.29 is 23.9 Å². The van der Waals surface area contributed by atoms with E-state index in [9.17, 15) is 19.2 Å². The molecule has 2 aromatic rings. The number of piperidine rings is 1. The summed E-state index contributed by atoms with van der Waals surface area (Å²) in [5, 5.41) is 0. The first-order valence-corrected chi connectivity index (χ1v) is 10.9. The molecule has 2 aliphatic rings. The third kappa shape index (κ3) is 3.79. The smallest absolute Gasteiger partial charge is 0.338 e. The van der Waals surface area contributed by atoms with Crippen LogP contribution in [0.1, 0.15) is 69.7 Å². The van der Waals surface area contributed by atoms with Crippen molar-refractivity contribution in [3.05, 3.63) is 64.7 Å². The van der Waals surface area contributed by atoms with Crippen LogP contribution >= 0.6 is 0 Å². The summed E-state index contributed by atoms with van der Waals surface area (Å²) in [6.45, 7) is 5.47. The highest BCUT2D eigenvalue weighted by atomic mass is 16.5. The lowest BCUT2D eigenvalue weighted by Gasteiger charge is -2.38. The highest BCUT2D eigenvalue weighted by Crippen LogP contribution is 2.31. The van der Waals surface area contributed by atoms with Crippen molar-refractivity contribution >= 4 is 29.4 Å². The second kappa shape index (κ2) is 8.57. The van der Waals surface area contributed by atoms with Gasteiger partial charge < -0.3 is 9.64 Å². The van der Waals surface area contributed by atoms with Gasteiger partial charge in [-0.2, -0.15) is 0 Å². The maximum Gasteiger partial charge on any atom is 0.338 e. The fraction of sp³-hybridized carbons (Fsp3) is 0.360. The number of hydrogen-bond acceptors (Lipinski definition) is 5. The second-order valence-corrected chi connectivity index (χ2v) is 8.50. The first kappa shape index (κ1) is 21.7. The number of rotatable bonds is 4. The molecule has 0 aromatic heterocycles. The second-order valence-electron chi connectivity index (χ2n) is 8.50. The van der Waals surface area contributed by atoms with E-state index >= 15 is 0 Å². The molecule has 4 rings (SSSR count). The van der Waals surface area contributed by atoms with Crippen molar-refractivity contribution in [3.8, 4) is 0 Å². The Kier molecular flexibility index (Phi) is 5.82. The number of para-hydroxylation sites is 1. The number of carbonyl (C=O) groups excluding carboxylic acids is 4. The van der Waals surface area contributed by atoms with E-state index in [1.165, 1.54) is 18.2 Å². The average Bonchev–Trinajstić information content (AvgIpc) is 3.02. The van der Waals surface area contributed by atoms with Gasteiger partial charge in [0.1, 0.15) is 0 Å². The van der Waals surface area contributed by atoms with Crippen LogP contribution in [0.25, 0.3) is 0 Å². The topological polar surface area (TPSA) is 84.0 Å². The summed E-state index contributed by atoms with van der Waals surface area (Å²) in [6.07, 6.45) is 2.94. The lowest BCUT2D eigenvalue weighted by Crippen LogP contribution is -2.49. The first-order chi connectivity index (χ1) is 15.3. The maximum atomic E-state index is 13.0. The molecule has 0 unspecified atom stereocenters. The Balaban J connectivity index is 1.49. The summed E-state index contributed by atoms with van der Waals surface area (Å²) in [5.74, 6) is -1.84. The third-order valence-corrected chi connectivity index (χ3v) is 6.29. The summed E-state index contributed by atoms with van der Waals surface area (Å²) >= 11 is 0. The number of likely N-dealkylation sites (tertiary alicyclic amines) is 1. The number of aryl methyl sites for hydroxylation is 1. The molecule has 1 saturated heterocycles. The van der Waals surface area contributed by atoms with Crippen molar-refractivity contribution in [3.63, 3.8) is 0 Å². The SMILES string of the molecule is Cc1ccccc1N1C(=O)c2ccc(C(=O)OCC(=O)N3[C@H](C)CCC[C@@H]3C)cc2C1=O. The van der Waals surface area contributed by atoms with Crippen LogP contribution in [0.4, 0.5) is 5.69 Å². The molecule has 0 bridgehead atoms. The molecule has 2 aliphatic heterocycles. The number of hydrogen-bond donors (Lipinski definition) is 0. The van der Waals surface area contributed by atoms with Gasteiger partial charge in [-0.1, -0.05) is 18.2 Å². The van der Waals surface area contributed by atoms with Gasteiger partial charge in [-0.05, 0) is 69.9 Å². The Bertz CT molecular complexity index is 1100. The first-order valence-electron chi connectivity index (χ1n) is 10.9. The van der Waals surface area contributed by atoms with Gasteiger partial charge in [-0.15, -0.1) is 0 Å². The van der Waals surface area contributed by atoms with Gasteiger partial charge >= 0.3 is 5.97 Å². The van der Waals surface area contributed by atoms with Crippen LogP contribution in [0.2, 0.25) is 0 Å². The van der Waals surface area contributed by atoms with Gasteiger partial charge in [-0.25, -0.2) is 9.69 Å². The lowest BCUT2D eigenvalue weighted by atomic mass is 9.97. The fourth-order valence-electron chi connectivity index (χ4n) is 4.60. The van der Waals surface area contributed by atoms with E-state index in [-0.39, 0.29) is 41.3 Å². The number of amides is 3. The third-order valence-electron chi connectivity index (χ3n) is 6.29. The lowest BCUT2D eigenvalue weighted by molar-refractivity contribution is -0.140. The predicted molar refractivity (Wildman–Crippen MR) is 119 cm³/mol. The molecule has 3 amide bonds. The molecule has 0 aliphatic carbocycles. The van der Waals surface area contributed by atoms with Crippen molar-refractivity contribution in [1.82, 2.24) is 4.90 Å². The normalized spacial score (nSPS) is 20.3. The number of ether oxygens (including phenoxy) is 1. The Labute approximate surface area is 187 Å². The molecule has 0 N–H and O–H groups in total. The number of nitrogens with zero attached hydrogens (tertiary/aromatic N) is 2. The quantitative estimate of drug-likeness (QED) is 0.541. The molecule has 1 fully saturated rings. The van der Waals surface area contributed by atoms with Crippen LogP contribution in [0.15, 0.2) is 42.5 Å². The van der Waals surface area contributed by atoms with E-state index in [1.54, 1.807) is 17.0 Å². The average molecular weight is 434 g/mol. The van der Waals surface area contributed by atoms with Crippen LogP contribution in [0.5, 0.6) is 0 Å². The molecule has 7 nitrogen and oxygen atoms in total. The molecular formula is C25H26N2O5. The van der Waals surface area contributed by atoms with E-state index in [0.717, 1.165) is 29.7 Å². The number of esters is 1. The monoisotopic (exact) mass is 434 g/mol. The van der Waals surface area contributed by atoms with E-state index < -0.39 is 17.8 Å². The Morgan fingerprint density at radius 2 is 1.62 bits per heavy atom. The van der Waals surface area contributed by atoms with Crippen molar-refractivity contribution in [2.24, 2.45) is 0 Å². The van der Waals surface area contributed by atoms with Gasteiger partial charge in [0, 0.05) is 12.1 Å². The van der Waals surface area contributed by atoms with Crippen LogP contribution in [0, 0.1) is 6.92 Å². The Morgan fingerprint density at radius 1 is 0.969 bits per heavy atom. The summed E-state index contributed by atoms with van der Waals surface area (Å²) in [4.78, 5) is 53.9. The van der Waals surface area contributed by atoms with Gasteiger partial charge in [0.25, 0.3) is 17.7 Å². The summed E-state index contributed by atoms with van der Waals surface area (Å²) in [5.41, 5.74) is 1.82. The molecule has 0 saturated carbocycles. The highest BCUT2D eigenvalue weighted by Gasteiger charge is 2.38. The molecule has 166 valence electrons. The molecular weight excluding hydrogens is 408 g/mol. The minimum absolute atomic E-state index is 0.112. The van der Waals surface area contributed by atoms with E-state index in [1.807, 2.05) is 32.9 Å².